The molecule has 1 atom stereocenters. The lowest BCUT2D eigenvalue weighted by Gasteiger charge is -2.35. The van der Waals surface area contributed by atoms with Crippen molar-refractivity contribution in [2.45, 2.75) is 44.5 Å². The molecule has 1 N–H and O–H groups in total. The highest BCUT2D eigenvalue weighted by atomic mass is 19.4. The fraction of sp³-hybridized carbons (Fsp3) is 0.667. The third-order valence-electron chi connectivity index (χ3n) is 2.98. The van der Waals surface area contributed by atoms with Crippen molar-refractivity contribution >= 4 is 5.95 Å². The molecular formula is C12H16F3N3O. The van der Waals surface area contributed by atoms with E-state index in [2.05, 4.69) is 15.3 Å². The molecule has 0 amide bonds. The molecule has 2 heterocycles. The van der Waals surface area contributed by atoms with Gasteiger partial charge in [0.1, 0.15) is 5.69 Å². The van der Waals surface area contributed by atoms with Gasteiger partial charge in [0.15, 0.2) is 0 Å². The highest BCUT2D eigenvalue weighted by Crippen LogP contribution is 2.29. The standard InChI is InChI=1S/C12H16F3N3O/c1-11(2)7-8(4-6-19-11)17-10-16-5-3-9(18-10)12(13,14)15/h3,5,8H,4,6-7H2,1-2H3,(H,16,17,18). The van der Waals surface area contributed by atoms with Gasteiger partial charge in [-0.15, -0.1) is 0 Å². The summed E-state index contributed by atoms with van der Waals surface area (Å²) in [4.78, 5) is 7.33. The van der Waals surface area contributed by atoms with Gasteiger partial charge in [-0.05, 0) is 32.8 Å². The molecule has 0 radical (unpaired) electrons. The number of rotatable bonds is 2. The number of hydrogen-bond acceptors (Lipinski definition) is 4. The summed E-state index contributed by atoms with van der Waals surface area (Å²) in [6, 6.07) is 0.881. The van der Waals surface area contributed by atoms with Crippen molar-refractivity contribution in [3.05, 3.63) is 18.0 Å². The molecule has 0 spiro atoms. The van der Waals surface area contributed by atoms with Crippen LogP contribution < -0.4 is 5.32 Å². The number of nitrogens with zero attached hydrogens (tertiary/aromatic N) is 2. The number of aromatic nitrogens is 2. The van der Waals surface area contributed by atoms with Gasteiger partial charge < -0.3 is 10.1 Å². The van der Waals surface area contributed by atoms with Crippen molar-refractivity contribution in [3.63, 3.8) is 0 Å². The summed E-state index contributed by atoms with van der Waals surface area (Å²) in [7, 11) is 0. The van der Waals surface area contributed by atoms with Gasteiger partial charge in [-0.1, -0.05) is 0 Å². The minimum absolute atomic E-state index is 0.0116. The lowest BCUT2D eigenvalue weighted by molar-refractivity contribution is -0.141. The van der Waals surface area contributed by atoms with Gasteiger partial charge in [0.05, 0.1) is 5.60 Å². The summed E-state index contributed by atoms with van der Waals surface area (Å²) in [5.74, 6) is 0.0116. The van der Waals surface area contributed by atoms with E-state index in [0.717, 1.165) is 18.7 Å². The van der Waals surface area contributed by atoms with Crippen molar-refractivity contribution in [2.24, 2.45) is 0 Å². The molecule has 1 aliphatic heterocycles. The Morgan fingerprint density at radius 2 is 2.16 bits per heavy atom. The van der Waals surface area contributed by atoms with Crippen LogP contribution in [-0.2, 0) is 10.9 Å². The normalized spacial score (nSPS) is 23.1. The zero-order valence-corrected chi connectivity index (χ0v) is 10.8. The topological polar surface area (TPSA) is 47.0 Å². The maximum atomic E-state index is 12.5. The fourth-order valence-corrected chi connectivity index (χ4v) is 2.12. The molecule has 19 heavy (non-hydrogen) atoms. The van der Waals surface area contributed by atoms with Crippen LogP contribution in [0.1, 0.15) is 32.4 Å². The van der Waals surface area contributed by atoms with Crippen molar-refractivity contribution in [2.75, 3.05) is 11.9 Å². The zero-order valence-electron chi connectivity index (χ0n) is 10.8. The highest BCUT2D eigenvalue weighted by Gasteiger charge is 2.33. The molecule has 1 aliphatic rings. The van der Waals surface area contributed by atoms with Crippen LogP contribution in [0.2, 0.25) is 0 Å². The van der Waals surface area contributed by atoms with Crippen LogP contribution in [0.15, 0.2) is 12.3 Å². The lowest BCUT2D eigenvalue weighted by Crippen LogP contribution is -2.40. The average Bonchev–Trinajstić information content (AvgIpc) is 2.26. The van der Waals surface area contributed by atoms with Gasteiger partial charge in [-0.3, -0.25) is 0 Å². The van der Waals surface area contributed by atoms with E-state index >= 15 is 0 Å². The van der Waals surface area contributed by atoms with Crippen LogP contribution in [0.25, 0.3) is 0 Å². The van der Waals surface area contributed by atoms with Gasteiger partial charge in [0.25, 0.3) is 0 Å². The Balaban J connectivity index is 2.07. The van der Waals surface area contributed by atoms with Crippen LogP contribution >= 0.6 is 0 Å². The van der Waals surface area contributed by atoms with Crippen molar-refractivity contribution in [3.8, 4) is 0 Å². The van der Waals surface area contributed by atoms with E-state index in [1.54, 1.807) is 0 Å². The minimum atomic E-state index is -4.45. The summed E-state index contributed by atoms with van der Waals surface area (Å²) in [6.45, 7) is 4.48. The van der Waals surface area contributed by atoms with Gasteiger partial charge in [-0.2, -0.15) is 13.2 Å². The molecule has 0 aromatic carbocycles. The molecule has 106 valence electrons. The Bertz CT molecular complexity index is 448. The highest BCUT2D eigenvalue weighted by molar-refractivity contribution is 5.28. The third-order valence-corrected chi connectivity index (χ3v) is 2.98. The van der Waals surface area contributed by atoms with E-state index in [9.17, 15) is 13.2 Å². The predicted octanol–water partition coefficient (Wildman–Crippen LogP) is 2.86. The van der Waals surface area contributed by atoms with Crippen LogP contribution in [-0.4, -0.2) is 28.2 Å². The van der Waals surface area contributed by atoms with E-state index in [0.29, 0.717) is 13.0 Å². The smallest absolute Gasteiger partial charge is 0.375 e. The number of hydrogen-bond donors (Lipinski definition) is 1. The monoisotopic (exact) mass is 275 g/mol. The summed E-state index contributed by atoms with van der Waals surface area (Å²) >= 11 is 0. The van der Waals surface area contributed by atoms with E-state index in [4.69, 9.17) is 4.74 Å². The molecule has 1 aromatic rings. The largest absolute Gasteiger partial charge is 0.433 e. The number of ether oxygens (including phenoxy) is 1. The van der Waals surface area contributed by atoms with Crippen molar-refractivity contribution < 1.29 is 17.9 Å². The summed E-state index contributed by atoms with van der Waals surface area (Å²) in [5, 5.41) is 2.95. The first kappa shape index (κ1) is 14.0. The van der Waals surface area contributed by atoms with E-state index in [-0.39, 0.29) is 17.6 Å². The van der Waals surface area contributed by atoms with Crippen LogP contribution in [0.5, 0.6) is 0 Å². The Kier molecular flexibility index (Phi) is 3.66. The van der Waals surface area contributed by atoms with Gasteiger partial charge in [0.2, 0.25) is 5.95 Å². The maximum Gasteiger partial charge on any atom is 0.433 e. The molecule has 7 heteroatoms. The quantitative estimate of drug-likeness (QED) is 0.901. The first-order valence-corrected chi connectivity index (χ1v) is 6.07. The third kappa shape index (κ3) is 3.79. The van der Waals surface area contributed by atoms with E-state index < -0.39 is 11.9 Å². The maximum absolute atomic E-state index is 12.5. The summed E-state index contributed by atoms with van der Waals surface area (Å²) < 4.78 is 43.1. The molecule has 0 bridgehead atoms. The van der Waals surface area contributed by atoms with Crippen LogP contribution in [0.3, 0.4) is 0 Å². The van der Waals surface area contributed by atoms with Gasteiger partial charge >= 0.3 is 6.18 Å². The molecule has 4 nitrogen and oxygen atoms in total. The number of halogens is 3. The Labute approximate surface area is 109 Å². The number of nitrogens with one attached hydrogen (secondary N) is 1. The van der Waals surface area contributed by atoms with E-state index in [1.165, 1.54) is 0 Å². The Morgan fingerprint density at radius 3 is 2.79 bits per heavy atom. The average molecular weight is 275 g/mol. The number of alkyl halides is 3. The van der Waals surface area contributed by atoms with Gasteiger partial charge in [0, 0.05) is 18.8 Å². The second kappa shape index (κ2) is 4.96. The second-order valence-corrected chi connectivity index (χ2v) is 5.21. The zero-order chi connectivity index (χ0) is 14.1. The molecule has 0 saturated carbocycles. The molecule has 0 aliphatic carbocycles. The number of anilines is 1. The lowest BCUT2D eigenvalue weighted by atomic mass is 9.94. The summed E-state index contributed by atoms with van der Waals surface area (Å²) in [5.41, 5.74) is -1.21. The van der Waals surface area contributed by atoms with Crippen LogP contribution in [0, 0.1) is 0 Å². The van der Waals surface area contributed by atoms with Crippen molar-refractivity contribution in [1.29, 1.82) is 0 Å². The Hall–Kier alpha value is -1.37. The minimum Gasteiger partial charge on any atom is -0.375 e. The summed E-state index contributed by atoms with van der Waals surface area (Å²) in [6.07, 6.45) is -1.91. The SMILES string of the molecule is CC1(C)CC(Nc2nccc(C(F)(F)F)n2)CCO1. The Morgan fingerprint density at radius 1 is 1.42 bits per heavy atom. The first-order valence-electron chi connectivity index (χ1n) is 6.07. The molecule has 2 rings (SSSR count). The fourth-order valence-electron chi connectivity index (χ4n) is 2.12. The first-order chi connectivity index (χ1) is 8.76. The van der Waals surface area contributed by atoms with Crippen LogP contribution in [0.4, 0.5) is 19.1 Å². The molecule has 1 fully saturated rings. The van der Waals surface area contributed by atoms with Gasteiger partial charge in [-0.25, -0.2) is 9.97 Å². The molecular weight excluding hydrogens is 259 g/mol. The predicted molar refractivity (Wildman–Crippen MR) is 63.7 cm³/mol. The van der Waals surface area contributed by atoms with E-state index in [1.807, 2.05) is 13.8 Å². The second-order valence-electron chi connectivity index (χ2n) is 5.21. The molecule has 1 unspecified atom stereocenters. The molecule has 1 aromatic heterocycles. The molecule has 1 saturated heterocycles. The van der Waals surface area contributed by atoms with Crippen molar-refractivity contribution in [1.82, 2.24) is 9.97 Å².